The van der Waals surface area contributed by atoms with E-state index in [2.05, 4.69) is 28.2 Å². The lowest BCUT2D eigenvalue weighted by atomic mass is 10.1. The van der Waals surface area contributed by atoms with Gasteiger partial charge in [0.1, 0.15) is 11.3 Å². The number of hydrogen-bond donors (Lipinski definition) is 1. The highest BCUT2D eigenvalue weighted by atomic mass is 35.5. The third kappa shape index (κ3) is 4.28. The van der Waals surface area contributed by atoms with E-state index in [1.807, 2.05) is 41.8 Å². The highest BCUT2D eigenvalue weighted by Crippen LogP contribution is 2.27. The Morgan fingerprint density at radius 2 is 1.90 bits per heavy atom. The fraction of sp³-hybridized carbons (Fsp3) is 0.136. The predicted molar refractivity (Wildman–Crippen MR) is 116 cm³/mol. The summed E-state index contributed by atoms with van der Waals surface area (Å²) in [7, 11) is 0. The van der Waals surface area contributed by atoms with E-state index in [4.69, 9.17) is 11.6 Å². The summed E-state index contributed by atoms with van der Waals surface area (Å²) in [4.78, 5) is 21.2. The van der Waals surface area contributed by atoms with Crippen LogP contribution in [0.1, 0.15) is 27.4 Å². The topological polar surface area (TPSA) is 68.0 Å². The Balaban J connectivity index is 1.57. The Morgan fingerprint density at radius 1 is 1.10 bits per heavy atom. The second kappa shape index (κ2) is 8.27. The van der Waals surface area contributed by atoms with Crippen LogP contribution in [-0.2, 0) is 12.3 Å². The highest BCUT2D eigenvalue weighted by Gasteiger charge is 2.14. The predicted octanol–water partition coefficient (Wildman–Crippen LogP) is 5.43. The number of pyridine rings is 1. The van der Waals surface area contributed by atoms with Gasteiger partial charge in [-0.05, 0) is 48.4 Å². The van der Waals surface area contributed by atoms with Crippen LogP contribution in [0.2, 0.25) is 5.02 Å². The summed E-state index contributed by atoms with van der Waals surface area (Å²) in [6.07, 6.45) is 0. The minimum atomic E-state index is -1.06. The minimum absolute atomic E-state index is 0.00182. The van der Waals surface area contributed by atoms with E-state index >= 15 is 0 Å². The maximum atomic E-state index is 11.3. The van der Waals surface area contributed by atoms with E-state index in [1.54, 1.807) is 17.8 Å². The van der Waals surface area contributed by atoms with E-state index < -0.39 is 5.97 Å². The van der Waals surface area contributed by atoms with Crippen LogP contribution in [0.5, 0.6) is 0 Å². The van der Waals surface area contributed by atoms with Crippen molar-refractivity contribution in [2.75, 3.05) is 0 Å². The highest BCUT2D eigenvalue weighted by molar-refractivity contribution is 7.98. The van der Waals surface area contributed by atoms with Gasteiger partial charge in [0, 0.05) is 15.7 Å². The number of rotatable bonds is 6. The largest absolute Gasteiger partial charge is 0.477 e. The zero-order valence-electron chi connectivity index (χ0n) is 15.7. The van der Waals surface area contributed by atoms with Crippen LogP contribution < -0.4 is 0 Å². The van der Waals surface area contributed by atoms with E-state index in [9.17, 15) is 9.90 Å². The van der Waals surface area contributed by atoms with E-state index in [1.165, 1.54) is 11.0 Å². The van der Waals surface area contributed by atoms with Gasteiger partial charge in [0.2, 0.25) is 0 Å². The first kappa shape index (κ1) is 19.5. The monoisotopic (exact) mass is 423 g/mol. The fourth-order valence-electron chi connectivity index (χ4n) is 3.09. The number of halogens is 1. The summed E-state index contributed by atoms with van der Waals surface area (Å²) in [5.74, 6) is 0.533. The van der Waals surface area contributed by atoms with Crippen LogP contribution in [0, 0.1) is 6.92 Å². The molecule has 0 spiro atoms. The van der Waals surface area contributed by atoms with Crippen molar-refractivity contribution in [2.45, 2.75) is 24.1 Å². The van der Waals surface area contributed by atoms with Gasteiger partial charge in [-0.1, -0.05) is 41.9 Å². The molecular weight excluding hydrogens is 406 g/mol. The third-order valence-corrected chi connectivity index (χ3v) is 6.03. The number of aromatic carboxylic acids is 1. The molecule has 0 aliphatic rings. The molecule has 0 saturated carbocycles. The van der Waals surface area contributed by atoms with Crippen molar-refractivity contribution < 1.29 is 9.90 Å². The molecule has 0 saturated heterocycles. The van der Waals surface area contributed by atoms with Crippen LogP contribution in [-0.4, -0.2) is 25.6 Å². The first-order valence-corrected chi connectivity index (χ1v) is 10.4. The Bertz CT molecular complexity index is 1190. The normalized spacial score (nSPS) is 11.1. The summed E-state index contributed by atoms with van der Waals surface area (Å²) in [5, 5.41) is 9.90. The first-order valence-electron chi connectivity index (χ1n) is 9.03. The average Bonchev–Trinajstić information content (AvgIpc) is 3.03. The number of hydrogen-bond acceptors (Lipinski definition) is 4. The number of fused-ring (bicyclic) bond motifs is 1. The van der Waals surface area contributed by atoms with Gasteiger partial charge in [-0.25, -0.2) is 14.8 Å². The minimum Gasteiger partial charge on any atom is -0.477 e. The molecule has 0 fully saturated rings. The van der Waals surface area contributed by atoms with Crippen molar-refractivity contribution in [2.24, 2.45) is 0 Å². The molecular formula is C22H18ClN3O2S. The molecule has 2 aromatic carbocycles. The van der Waals surface area contributed by atoms with Gasteiger partial charge < -0.3 is 9.67 Å². The molecule has 4 aromatic rings. The molecule has 29 heavy (non-hydrogen) atoms. The molecule has 0 amide bonds. The molecule has 0 bridgehead atoms. The van der Waals surface area contributed by atoms with Crippen LogP contribution in [0.25, 0.3) is 11.2 Å². The van der Waals surface area contributed by atoms with Crippen molar-refractivity contribution in [1.82, 2.24) is 14.5 Å². The van der Waals surface area contributed by atoms with Crippen molar-refractivity contribution in [3.8, 4) is 0 Å². The van der Waals surface area contributed by atoms with Crippen LogP contribution in [0.4, 0.5) is 0 Å². The first-order chi connectivity index (χ1) is 14.0. The molecule has 0 aliphatic heterocycles. The molecule has 146 valence electrons. The number of thioether (sulfide) groups is 1. The number of carbonyl (C=O) groups is 1. The molecule has 0 unspecified atom stereocenters. The zero-order valence-corrected chi connectivity index (χ0v) is 17.2. The summed E-state index contributed by atoms with van der Waals surface area (Å²) in [6.45, 7) is 2.35. The average molecular weight is 424 g/mol. The van der Waals surface area contributed by atoms with Gasteiger partial charge in [0.15, 0.2) is 11.3 Å². The van der Waals surface area contributed by atoms with Crippen LogP contribution in [0.15, 0.2) is 65.6 Å². The Morgan fingerprint density at radius 3 is 2.62 bits per heavy atom. The Kier molecular flexibility index (Phi) is 5.56. The molecule has 2 heterocycles. The molecule has 1 N–H and O–H groups in total. The SMILES string of the molecule is Cc1nc2ccc(C(=O)O)nc2n1Cc1ccc(CSc2ccccc2)cc1Cl. The van der Waals surface area contributed by atoms with Gasteiger partial charge in [-0.15, -0.1) is 11.8 Å². The summed E-state index contributed by atoms with van der Waals surface area (Å²) >= 11 is 8.32. The molecule has 4 rings (SSSR count). The second-order valence-electron chi connectivity index (χ2n) is 6.62. The van der Waals surface area contributed by atoms with Gasteiger partial charge in [-0.3, -0.25) is 0 Å². The maximum absolute atomic E-state index is 11.3. The molecule has 2 aromatic heterocycles. The lowest BCUT2D eigenvalue weighted by Crippen LogP contribution is -2.06. The summed E-state index contributed by atoms with van der Waals surface area (Å²) < 4.78 is 1.89. The summed E-state index contributed by atoms with van der Waals surface area (Å²) in [5.41, 5.74) is 3.29. The standard InChI is InChI=1S/C22H18ClN3O2S/c1-14-24-19-9-10-20(22(27)28)25-21(19)26(14)12-16-8-7-15(11-18(16)23)13-29-17-5-3-2-4-6-17/h2-11H,12-13H2,1H3,(H,27,28). The number of imidazole rings is 1. The van der Waals surface area contributed by atoms with Crippen molar-refractivity contribution >= 4 is 40.5 Å². The third-order valence-electron chi connectivity index (χ3n) is 4.60. The van der Waals surface area contributed by atoms with Gasteiger partial charge in [-0.2, -0.15) is 0 Å². The van der Waals surface area contributed by atoms with Crippen molar-refractivity contribution in [1.29, 1.82) is 0 Å². The lowest BCUT2D eigenvalue weighted by molar-refractivity contribution is 0.0691. The Labute approximate surface area is 177 Å². The van der Waals surface area contributed by atoms with Gasteiger partial charge in [0.25, 0.3) is 0 Å². The van der Waals surface area contributed by atoms with E-state index in [0.29, 0.717) is 22.7 Å². The van der Waals surface area contributed by atoms with Crippen molar-refractivity contribution in [3.05, 3.63) is 88.3 Å². The molecule has 0 atom stereocenters. The number of benzene rings is 2. The van der Waals surface area contributed by atoms with Crippen LogP contribution in [0.3, 0.4) is 0 Å². The van der Waals surface area contributed by atoms with Crippen molar-refractivity contribution in [3.63, 3.8) is 0 Å². The lowest BCUT2D eigenvalue weighted by Gasteiger charge is -2.10. The molecule has 0 aliphatic carbocycles. The summed E-state index contributed by atoms with van der Waals surface area (Å²) in [6, 6.07) is 19.5. The Hall–Kier alpha value is -2.83. The molecule has 5 nitrogen and oxygen atoms in total. The second-order valence-corrected chi connectivity index (χ2v) is 8.07. The van der Waals surface area contributed by atoms with Crippen LogP contribution >= 0.6 is 23.4 Å². The number of carboxylic acid groups (broad SMARTS) is 1. The fourth-order valence-corrected chi connectivity index (χ4v) is 4.21. The smallest absolute Gasteiger partial charge is 0.354 e. The maximum Gasteiger partial charge on any atom is 0.354 e. The van der Waals surface area contributed by atoms with Gasteiger partial charge in [0.05, 0.1) is 6.54 Å². The zero-order chi connectivity index (χ0) is 20.4. The van der Waals surface area contributed by atoms with Gasteiger partial charge >= 0.3 is 5.97 Å². The number of carboxylic acids is 1. The molecule has 0 radical (unpaired) electrons. The molecule has 7 heteroatoms. The number of nitrogens with zero attached hydrogens (tertiary/aromatic N) is 3. The van der Waals surface area contributed by atoms with E-state index in [-0.39, 0.29) is 5.69 Å². The van der Waals surface area contributed by atoms with E-state index in [0.717, 1.165) is 22.7 Å². The number of aromatic nitrogens is 3. The number of aryl methyl sites for hydroxylation is 1. The quantitative estimate of drug-likeness (QED) is 0.418.